The predicted octanol–water partition coefficient (Wildman–Crippen LogP) is 1.18. The summed E-state index contributed by atoms with van der Waals surface area (Å²) in [5.74, 6) is 0.394. The van der Waals surface area contributed by atoms with Crippen LogP contribution in [0, 0.1) is 0 Å². The van der Waals surface area contributed by atoms with Crippen LogP contribution in [-0.2, 0) is 0 Å². The van der Waals surface area contributed by atoms with Gasteiger partial charge in [0.05, 0.1) is 0 Å². The lowest BCUT2D eigenvalue weighted by Gasteiger charge is -2.15. The summed E-state index contributed by atoms with van der Waals surface area (Å²) < 4.78 is 0. The van der Waals surface area contributed by atoms with E-state index in [0.717, 1.165) is 25.9 Å². The van der Waals surface area contributed by atoms with Crippen LogP contribution in [0.5, 0.6) is 5.88 Å². The summed E-state index contributed by atoms with van der Waals surface area (Å²) >= 11 is 0. The summed E-state index contributed by atoms with van der Waals surface area (Å²) in [4.78, 5) is 22.2. The van der Waals surface area contributed by atoms with Gasteiger partial charge in [-0.15, -0.1) is 0 Å². The number of urea groups is 1. The van der Waals surface area contributed by atoms with Crippen molar-refractivity contribution in [1.29, 1.82) is 0 Å². The number of hydroxylamine groups is 1. The molecule has 0 unspecified atom stereocenters. The standard InChI is InChI=1S/C10H13N3O2/c14-10(13-7-3-4-8-13)12-15-9-5-1-2-6-11-9/h1-2,5-6H,3-4,7-8H2,(H,12,14). The maximum Gasteiger partial charge on any atom is 0.350 e. The Bertz CT molecular complexity index is 323. The number of hydrogen-bond donors (Lipinski definition) is 1. The summed E-state index contributed by atoms with van der Waals surface area (Å²) in [7, 11) is 0. The van der Waals surface area contributed by atoms with Crippen molar-refractivity contribution in [3.63, 3.8) is 0 Å². The van der Waals surface area contributed by atoms with E-state index in [9.17, 15) is 4.79 Å². The number of aromatic nitrogens is 1. The largest absolute Gasteiger partial charge is 0.358 e. The molecule has 15 heavy (non-hydrogen) atoms. The van der Waals surface area contributed by atoms with Gasteiger partial charge in [0.2, 0.25) is 5.88 Å². The zero-order valence-corrected chi connectivity index (χ0v) is 8.35. The van der Waals surface area contributed by atoms with Gasteiger partial charge in [0.15, 0.2) is 0 Å². The van der Waals surface area contributed by atoms with Crippen LogP contribution in [0.2, 0.25) is 0 Å². The second-order valence-electron chi connectivity index (χ2n) is 3.37. The fraction of sp³-hybridized carbons (Fsp3) is 0.400. The molecule has 1 aliphatic rings. The third-order valence-corrected chi connectivity index (χ3v) is 2.27. The second kappa shape index (κ2) is 4.63. The Morgan fingerprint density at radius 3 is 2.87 bits per heavy atom. The third-order valence-electron chi connectivity index (χ3n) is 2.27. The Labute approximate surface area is 88.0 Å². The quantitative estimate of drug-likeness (QED) is 0.741. The Morgan fingerprint density at radius 2 is 2.20 bits per heavy atom. The van der Waals surface area contributed by atoms with E-state index in [0.29, 0.717) is 5.88 Å². The molecule has 0 aromatic carbocycles. The van der Waals surface area contributed by atoms with Gasteiger partial charge < -0.3 is 9.74 Å². The smallest absolute Gasteiger partial charge is 0.350 e. The minimum absolute atomic E-state index is 0.196. The summed E-state index contributed by atoms with van der Waals surface area (Å²) in [6.45, 7) is 1.61. The minimum Gasteiger partial charge on any atom is -0.358 e. The molecule has 5 heteroatoms. The van der Waals surface area contributed by atoms with E-state index in [1.54, 1.807) is 29.3 Å². The predicted molar refractivity (Wildman–Crippen MR) is 54.2 cm³/mol. The summed E-state index contributed by atoms with van der Waals surface area (Å²) in [6.07, 6.45) is 3.74. The molecule has 80 valence electrons. The van der Waals surface area contributed by atoms with E-state index in [4.69, 9.17) is 4.84 Å². The van der Waals surface area contributed by atoms with E-state index in [2.05, 4.69) is 10.5 Å². The van der Waals surface area contributed by atoms with Crippen LogP contribution in [0.4, 0.5) is 4.79 Å². The molecule has 0 aliphatic carbocycles. The van der Waals surface area contributed by atoms with Crippen LogP contribution < -0.4 is 10.3 Å². The monoisotopic (exact) mass is 207 g/mol. The van der Waals surface area contributed by atoms with E-state index < -0.39 is 0 Å². The van der Waals surface area contributed by atoms with Crippen molar-refractivity contribution in [1.82, 2.24) is 15.4 Å². The molecule has 5 nitrogen and oxygen atoms in total. The number of hydrogen-bond acceptors (Lipinski definition) is 3. The Hall–Kier alpha value is -1.78. The molecule has 1 aromatic heterocycles. The average Bonchev–Trinajstić information content (AvgIpc) is 2.81. The molecule has 1 aliphatic heterocycles. The molecular weight excluding hydrogens is 194 g/mol. The number of nitrogens with one attached hydrogen (secondary N) is 1. The maximum absolute atomic E-state index is 11.5. The van der Waals surface area contributed by atoms with Gasteiger partial charge in [0.25, 0.3) is 0 Å². The Kier molecular flexibility index (Phi) is 3.02. The van der Waals surface area contributed by atoms with Crippen molar-refractivity contribution in [3.05, 3.63) is 24.4 Å². The number of carbonyl (C=O) groups excluding carboxylic acids is 1. The first kappa shape index (κ1) is 9.76. The molecule has 1 fully saturated rings. The average molecular weight is 207 g/mol. The number of amides is 2. The van der Waals surface area contributed by atoms with Crippen molar-refractivity contribution in [3.8, 4) is 5.88 Å². The number of pyridine rings is 1. The first-order valence-electron chi connectivity index (χ1n) is 4.99. The van der Waals surface area contributed by atoms with Gasteiger partial charge >= 0.3 is 6.03 Å². The lowest BCUT2D eigenvalue weighted by Crippen LogP contribution is -2.39. The molecule has 0 spiro atoms. The SMILES string of the molecule is O=C(NOc1ccccn1)N1CCCC1. The molecular formula is C10H13N3O2. The van der Waals surface area contributed by atoms with Crippen molar-refractivity contribution in [2.75, 3.05) is 13.1 Å². The molecule has 2 heterocycles. The third kappa shape index (κ3) is 2.59. The van der Waals surface area contributed by atoms with E-state index in [-0.39, 0.29) is 6.03 Å². The van der Waals surface area contributed by atoms with Gasteiger partial charge in [-0.3, -0.25) is 0 Å². The number of rotatable bonds is 2. The zero-order chi connectivity index (χ0) is 10.5. The summed E-state index contributed by atoms with van der Waals surface area (Å²) in [5, 5.41) is 0. The van der Waals surface area contributed by atoms with E-state index >= 15 is 0 Å². The lowest BCUT2D eigenvalue weighted by atomic mass is 10.4. The molecule has 0 saturated carbocycles. The van der Waals surface area contributed by atoms with Crippen LogP contribution in [0.15, 0.2) is 24.4 Å². The van der Waals surface area contributed by atoms with Gasteiger partial charge in [-0.25, -0.2) is 9.78 Å². The number of carbonyl (C=O) groups is 1. The molecule has 0 atom stereocenters. The highest BCUT2D eigenvalue weighted by Gasteiger charge is 2.17. The first-order chi connectivity index (χ1) is 7.36. The molecule has 2 rings (SSSR count). The molecule has 0 radical (unpaired) electrons. The van der Waals surface area contributed by atoms with Gasteiger partial charge in [0, 0.05) is 25.4 Å². The fourth-order valence-electron chi connectivity index (χ4n) is 1.49. The minimum atomic E-state index is -0.196. The van der Waals surface area contributed by atoms with Crippen molar-refractivity contribution < 1.29 is 9.63 Å². The topological polar surface area (TPSA) is 54.5 Å². The van der Waals surface area contributed by atoms with Gasteiger partial charge in [-0.1, -0.05) is 6.07 Å². The van der Waals surface area contributed by atoms with E-state index in [1.807, 2.05) is 0 Å². The van der Waals surface area contributed by atoms with Crippen molar-refractivity contribution in [2.45, 2.75) is 12.8 Å². The molecule has 1 aromatic rings. The van der Waals surface area contributed by atoms with Gasteiger partial charge in [-0.05, 0) is 18.9 Å². The number of nitrogens with zero attached hydrogens (tertiary/aromatic N) is 2. The van der Waals surface area contributed by atoms with Gasteiger partial charge in [0.1, 0.15) is 0 Å². The fourth-order valence-corrected chi connectivity index (χ4v) is 1.49. The highest BCUT2D eigenvalue weighted by Crippen LogP contribution is 2.07. The van der Waals surface area contributed by atoms with Crippen LogP contribution in [0.25, 0.3) is 0 Å². The highest BCUT2D eigenvalue weighted by molar-refractivity contribution is 5.73. The Balaban J connectivity index is 1.80. The number of likely N-dealkylation sites (tertiary alicyclic amines) is 1. The van der Waals surface area contributed by atoms with Crippen LogP contribution in [0.1, 0.15) is 12.8 Å². The molecule has 1 N–H and O–H groups in total. The van der Waals surface area contributed by atoms with Crippen molar-refractivity contribution >= 4 is 6.03 Å². The van der Waals surface area contributed by atoms with Crippen LogP contribution in [-0.4, -0.2) is 29.0 Å². The summed E-state index contributed by atoms with van der Waals surface area (Å²) in [6, 6.07) is 5.07. The summed E-state index contributed by atoms with van der Waals surface area (Å²) in [5.41, 5.74) is 2.37. The second-order valence-corrected chi connectivity index (χ2v) is 3.37. The van der Waals surface area contributed by atoms with Crippen molar-refractivity contribution in [2.24, 2.45) is 0 Å². The van der Waals surface area contributed by atoms with E-state index in [1.165, 1.54) is 0 Å². The molecule has 2 amide bonds. The molecule has 0 bridgehead atoms. The molecule has 1 saturated heterocycles. The first-order valence-corrected chi connectivity index (χ1v) is 4.99. The highest BCUT2D eigenvalue weighted by atomic mass is 16.7. The lowest BCUT2D eigenvalue weighted by molar-refractivity contribution is 0.147. The zero-order valence-electron chi connectivity index (χ0n) is 8.35. The van der Waals surface area contributed by atoms with Gasteiger partial charge in [-0.2, -0.15) is 5.48 Å². The normalized spacial score (nSPS) is 15.1. The van der Waals surface area contributed by atoms with Crippen LogP contribution in [0.3, 0.4) is 0 Å². The maximum atomic E-state index is 11.5. The van der Waals surface area contributed by atoms with Crippen LogP contribution >= 0.6 is 0 Å². The Morgan fingerprint density at radius 1 is 1.40 bits per heavy atom.